The number of hydrogen-bond acceptors (Lipinski definition) is 4. The molecular formula is C15H14BrN3O3S. The molecule has 3 rings (SSSR count). The first-order valence-corrected chi connectivity index (χ1v) is 9.13. The van der Waals surface area contributed by atoms with Gasteiger partial charge in [-0.05, 0) is 46.3 Å². The Bertz CT molecular complexity index is 856. The number of carbonyl (C=O) groups is 1. The molecule has 0 atom stereocenters. The molecule has 1 fully saturated rings. The largest absolute Gasteiger partial charge is 0.344 e. The molecule has 0 spiro atoms. The number of rotatable bonds is 3. The van der Waals surface area contributed by atoms with Crippen molar-refractivity contribution in [1.29, 1.82) is 0 Å². The maximum atomic E-state index is 12.3. The second-order valence-corrected chi connectivity index (χ2v) is 7.57. The topological polar surface area (TPSA) is 83.7 Å². The fraction of sp³-hybridized carbons (Fsp3) is 0.133. The highest BCUT2D eigenvalue weighted by Gasteiger charge is 2.30. The Morgan fingerprint density at radius 2 is 1.78 bits per heavy atom. The van der Waals surface area contributed by atoms with Crippen molar-refractivity contribution in [3.63, 3.8) is 0 Å². The Morgan fingerprint density at radius 1 is 1.09 bits per heavy atom. The van der Waals surface area contributed by atoms with Gasteiger partial charge in [0.1, 0.15) is 0 Å². The number of nitrogens with zero attached hydrogens (tertiary/aromatic N) is 2. The predicted octanol–water partition coefficient (Wildman–Crippen LogP) is 1.91. The summed E-state index contributed by atoms with van der Waals surface area (Å²) in [6.45, 7) is 0.670. The quantitative estimate of drug-likeness (QED) is 0.859. The van der Waals surface area contributed by atoms with Crippen molar-refractivity contribution >= 4 is 43.2 Å². The van der Waals surface area contributed by atoms with Crippen molar-refractivity contribution in [2.75, 3.05) is 23.0 Å². The average molecular weight is 396 g/mol. The summed E-state index contributed by atoms with van der Waals surface area (Å²) in [6, 6.07) is 14.0. The minimum Gasteiger partial charge on any atom is -0.344 e. The Kier molecular flexibility index (Phi) is 4.13. The molecule has 6 nitrogen and oxygen atoms in total. The first kappa shape index (κ1) is 16.0. The summed E-state index contributed by atoms with van der Waals surface area (Å²) < 4.78 is 23.3. The lowest BCUT2D eigenvalue weighted by Gasteiger charge is -2.20. The monoisotopic (exact) mass is 395 g/mol. The number of benzene rings is 2. The van der Waals surface area contributed by atoms with Crippen LogP contribution in [0, 0.1) is 0 Å². The fourth-order valence-electron chi connectivity index (χ4n) is 2.45. The average Bonchev–Trinajstić information content (AvgIpc) is 2.89. The fourth-order valence-corrected chi connectivity index (χ4v) is 3.74. The molecule has 120 valence electrons. The highest BCUT2D eigenvalue weighted by atomic mass is 79.9. The molecule has 1 heterocycles. The minimum absolute atomic E-state index is 0.000290. The van der Waals surface area contributed by atoms with Crippen molar-refractivity contribution in [2.24, 2.45) is 5.14 Å². The van der Waals surface area contributed by atoms with E-state index in [4.69, 9.17) is 5.14 Å². The zero-order chi connectivity index (χ0) is 16.6. The van der Waals surface area contributed by atoms with Gasteiger partial charge in [0.05, 0.1) is 23.8 Å². The standard InChI is InChI=1S/C15H14BrN3O3S/c16-13-8-12(23(17,21)22)6-7-14(13)19-10-18(9-15(19)20)11-4-2-1-3-5-11/h1-8H,9-10H2,(H2,17,21,22). The van der Waals surface area contributed by atoms with Crippen LogP contribution in [0.4, 0.5) is 11.4 Å². The minimum atomic E-state index is -3.78. The van der Waals surface area contributed by atoms with Gasteiger partial charge < -0.3 is 4.90 Å². The van der Waals surface area contributed by atoms with E-state index in [9.17, 15) is 13.2 Å². The van der Waals surface area contributed by atoms with Crippen LogP contribution < -0.4 is 14.9 Å². The third kappa shape index (κ3) is 3.24. The van der Waals surface area contributed by atoms with E-state index in [0.717, 1.165) is 5.69 Å². The van der Waals surface area contributed by atoms with Crippen molar-refractivity contribution in [2.45, 2.75) is 4.90 Å². The summed E-state index contributed by atoms with van der Waals surface area (Å²) in [4.78, 5) is 15.9. The van der Waals surface area contributed by atoms with Gasteiger partial charge in [0.2, 0.25) is 15.9 Å². The van der Waals surface area contributed by atoms with E-state index in [-0.39, 0.29) is 17.3 Å². The molecule has 2 aromatic carbocycles. The van der Waals surface area contributed by atoms with Crippen LogP contribution in [0.5, 0.6) is 0 Å². The van der Waals surface area contributed by atoms with Crippen LogP contribution in [0.1, 0.15) is 0 Å². The van der Waals surface area contributed by atoms with Crippen LogP contribution in [0.15, 0.2) is 57.9 Å². The van der Waals surface area contributed by atoms with E-state index in [2.05, 4.69) is 15.9 Å². The van der Waals surface area contributed by atoms with Crippen LogP contribution >= 0.6 is 15.9 Å². The van der Waals surface area contributed by atoms with Crippen molar-refractivity contribution in [1.82, 2.24) is 0 Å². The Hall–Kier alpha value is -1.90. The first-order chi connectivity index (χ1) is 10.9. The number of amides is 1. The number of sulfonamides is 1. The molecule has 0 aromatic heterocycles. The molecule has 23 heavy (non-hydrogen) atoms. The number of primary sulfonamides is 1. The molecule has 1 amide bonds. The van der Waals surface area contributed by atoms with Crippen molar-refractivity contribution in [3.05, 3.63) is 53.0 Å². The number of carbonyl (C=O) groups excluding carboxylic acids is 1. The summed E-state index contributed by atoms with van der Waals surface area (Å²) in [5.41, 5.74) is 1.57. The second-order valence-electron chi connectivity index (χ2n) is 5.15. The molecule has 0 unspecified atom stereocenters. The molecule has 2 aromatic rings. The summed E-state index contributed by atoms with van der Waals surface area (Å²) in [5.74, 6) is -0.0575. The van der Waals surface area contributed by atoms with Gasteiger partial charge in [-0.1, -0.05) is 18.2 Å². The molecule has 8 heteroatoms. The molecule has 1 aliphatic heterocycles. The van der Waals surface area contributed by atoms with Gasteiger partial charge in [-0.15, -0.1) is 0 Å². The van der Waals surface area contributed by atoms with Gasteiger partial charge in [-0.2, -0.15) is 0 Å². The van der Waals surface area contributed by atoms with E-state index in [1.165, 1.54) is 12.1 Å². The molecule has 0 bridgehead atoms. The third-order valence-electron chi connectivity index (χ3n) is 3.60. The number of halogens is 1. The second kappa shape index (κ2) is 5.95. The van der Waals surface area contributed by atoms with Gasteiger partial charge >= 0.3 is 0 Å². The lowest BCUT2D eigenvalue weighted by Crippen LogP contribution is -2.27. The highest BCUT2D eigenvalue weighted by molar-refractivity contribution is 9.10. The summed E-state index contributed by atoms with van der Waals surface area (Å²) in [6.07, 6.45) is 0. The number of nitrogens with two attached hydrogens (primary N) is 1. The van der Waals surface area contributed by atoms with Gasteiger partial charge in [-0.25, -0.2) is 13.6 Å². The van der Waals surface area contributed by atoms with Gasteiger partial charge in [0, 0.05) is 10.2 Å². The number of para-hydroxylation sites is 1. The van der Waals surface area contributed by atoms with Crippen molar-refractivity contribution < 1.29 is 13.2 Å². The van der Waals surface area contributed by atoms with Crippen LogP contribution in [-0.4, -0.2) is 27.5 Å². The van der Waals surface area contributed by atoms with Crippen molar-refractivity contribution in [3.8, 4) is 0 Å². The van der Waals surface area contributed by atoms with Gasteiger partial charge in [-0.3, -0.25) is 9.69 Å². The lowest BCUT2D eigenvalue weighted by molar-refractivity contribution is -0.115. The first-order valence-electron chi connectivity index (χ1n) is 6.79. The number of anilines is 2. The smallest absolute Gasteiger partial charge is 0.248 e. The molecule has 0 aliphatic carbocycles. The lowest BCUT2D eigenvalue weighted by atomic mass is 10.3. The van der Waals surface area contributed by atoms with Crippen LogP contribution in [-0.2, 0) is 14.8 Å². The van der Waals surface area contributed by atoms with E-state index in [1.807, 2.05) is 35.2 Å². The molecular weight excluding hydrogens is 382 g/mol. The van der Waals surface area contributed by atoms with Crippen LogP contribution in [0.2, 0.25) is 0 Å². The predicted molar refractivity (Wildman–Crippen MR) is 91.7 cm³/mol. The normalized spacial score (nSPS) is 15.3. The van der Waals surface area contributed by atoms with Crippen LogP contribution in [0.25, 0.3) is 0 Å². The Balaban J connectivity index is 1.89. The molecule has 1 aliphatic rings. The maximum Gasteiger partial charge on any atom is 0.248 e. The van der Waals surface area contributed by atoms with Gasteiger partial charge in [0.25, 0.3) is 0 Å². The molecule has 0 radical (unpaired) electrons. The zero-order valence-electron chi connectivity index (χ0n) is 12.0. The zero-order valence-corrected chi connectivity index (χ0v) is 14.4. The van der Waals surface area contributed by atoms with E-state index < -0.39 is 10.0 Å². The van der Waals surface area contributed by atoms with Crippen LogP contribution in [0.3, 0.4) is 0 Å². The number of hydrogen-bond donors (Lipinski definition) is 1. The Labute approximate surface area is 142 Å². The third-order valence-corrected chi connectivity index (χ3v) is 5.15. The molecule has 1 saturated heterocycles. The van der Waals surface area contributed by atoms with E-state index in [0.29, 0.717) is 16.8 Å². The van der Waals surface area contributed by atoms with E-state index >= 15 is 0 Å². The summed E-state index contributed by atoms with van der Waals surface area (Å²) >= 11 is 3.32. The van der Waals surface area contributed by atoms with Gasteiger partial charge in [0.15, 0.2) is 0 Å². The molecule has 0 saturated carbocycles. The summed E-state index contributed by atoms with van der Waals surface area (Å²) in [7, 11) is -3.78. The maximum absolute atomic E-state index is 12.3. The SMILES string of the molecule is NS(=O)(=O)c1ccc(N2CN(c3ccccc3)CC2=O)c(Br)c1. The summed E-state index contributed by atoms with van der Waals surface area (Å²) in [5, 5.41) is 5.12. The highest BCUT2D eigenvalue weighted by Crippen LogP contribution is 2.31. The molecule has 2 N–H and O–H groups in total. The Morgan fingerprint density at radius 3 is 2.39 bits per heavy atom. The van der Waals surface area contributed by atoms with E-state index in [1.54, 1.807) is 11.0 Å².